The van der Waals surface area contributed by atoms with Gasteiger partial charge in [-0.15, -0.1) is 11.8 Å². The molecule has 1 aliphatic carbocycles. The highest BCUT2D eigenvalue weighted by molar-refractivity contribution is 8.00. The number of carboxylic acids is 1. The summed E-state index contributed by atoms with van der Waals surface area (Å²) in [5.74, 6) is -3.14. The van der Waals surface area contributed by atoms with E-state index in [0.29, 0.717) is 29.9 Å². The Morgan fingerprint density at radius 3 is 2.05 bits per heavy atom. The van der Waals surface area contributed by atoms with Gasteiger partial charge in [-0.2, -0.15) is 0 Å². The highest BCUT2D eigenvalue weighted by Crippen LogP contribution is 2.37. The number of carboxylic acid groups (broad SMARTS) is 1. The van der Waals surface area contributed by atoms with Crippen molar-refractivity contribution in [2.24, 2.45) is 11.8 Å². The Kier molecular flexibility index (Phi) is 9.17. The first-order valence-electron chi connectivity index (χ1n) is 12.5. The molecular weight excluding hydrogens is 514 g/mol. The highest BCUT2D eigenvalue weighted by atomic mass is 32.2. The zero-order chi connectivity index (χ0) is 27.8. The predicted molar refractivity (Wildman–Crippen MR) is 152 cm³/mol. The molecule has 4 rings (SSSR count). The number of allylic oxidation sites excluding steroid dienone is 2. The minimum atomic E-state index is -0.981. The third-order valence-electron chi connectivity index (χ3n) is 6.26. The summed E-state index contributed by atoms with van der Waals surface area (Å²) >= 11 is 1.34. The van der Waals surface area contributed by atoms with Gasteiger partial charge in [-0.3, -0.25) is 19.2 Å². The number of hydrogen-bond acceptors (Lipinski definition) is 5. The third kappa shape index (κ3) is 7.58. The van der Waals surface area contributed by atoms with E-state index in [-0.39, 0.29) is 17.7 Å². The molecule has 8 nitrogen and oxygen atoms in total. The number of nitrogens with one attached hydrogen (secondary N) is 3. The number of carbonyl (C=O) groups is 4. The van der Waals surface area contributed by atoms with E-state index in [9.17, 15) is 24.3 Å². The van der Waals surface area contributed by atoms with Gasteiger partial charge in [-0.25, -0.2) is 0 Å². The topological polar surface area (TPSA) is 125 Å². The predicted octanol–water partition coefficient (Wildman–Crippen LogP) is 5.72. The molecule has 0 aliphatic heterocycles. The number of benzene rings is 3. The Bertz CT molecular complexity index is 1370. The molecule has 0 fully saturated rings. The van der Waals surface area contributed by atoms with Crippen LogP contribution < -0.4 is 16.0 Å². The zero-order valence-electron chi connectivity index (χ0n) is 21.3. The van der Waals surface area contributed by atoms with Crippen LogP contribution in [0.15, 0.2) is 95.9 Å². The number of hydrogen-bond donors (Lipinski definition) is 4. The molecule has 0 aromatic heterocycles. The maximum absolute atomic E-state index is 13.4. The highest BCUT2D eigenvalue weighted by Gasteiger charge is 2.34. The molecule has 4 N–H and O–H groups in total. The van der Waals surface area contributed by atoms with Crippen molar-refractivity contribution >= 4 is 52.5 Å². The number of aliphatic carboxylic acids is 1. The summed E-state index contributed by atoms with van der Waals surface area (Å²) in [5, 5.41) is 17.4. The molecule has 9 heteroatoms. The van der Waals surface area contributed by atoms with Crippen molar-refractivity contribution in [1.82, 2.24) is 0 Å². The van der Waals surface area contributed by atoms with Crippen LogP contribution in [0.4, 0.5) is 17.1 Å². The molecular formula is C30H29N3O5S. The molecule has 3 unspecified atom stereocenters. The molecule has 0 bridgehead atoms. The van der Waals surface area contributed by atoms with E-state index in [4.69, 9.17) is 0 Å². The summed E-state index contributed by atoms with van der Waals surface area (Å²) in [7, 11) is 0. The fourth-order valence-electron chi connectivity index (χ4n) is 4.34. The monoisotopic (exact) mass is 543 g/mol. The standard InChI is InChI=1S/C30H29N3O5S/c1-19(34)31-21-14-16-22(17-15-21)32-29(36)27(20-8-3-2-4-9-20)39-24-11-7-10-23(18-24)33-28(35)25-12-5-6-13-26(25)30(37)38/h2-11,14-18,25-27H,12-13H2,1H3,(H,31,34)(H,32,36)(H,33,35)(H,37,38). The quantitative estimate of drug-likeness (QED) is 0.202. The van der Waals surface area contributed by atoms with E-state index in [1.54, 1.807) is 48.5 Å². The second kappa shape index (κ2) is 12.9. The molecule has 3 aromatic carbocycles. The summed E-state index contributed by atoms with van der Waals surface area (Å²) in [4.78, 5) is 50.0. The average Bonchev–Trinajstić information content (AvgIpc) is 2.93. The minimum absolute atomic E-state index is 0.178. The summed E-state index contributed by atoms with van der Waals surface area (Å²) in [6.45, 7) is 1.43. The van der Waals surface area contributed by atoms with Crippen LogP contribution in [0.5, 0.6) is 0 Å². The van der Waals surface area contributed by atoms with Crippen molar-refractivity contribution in [3.8, 4) is 0 Å². The van der Waals surface area contributed by atoms with Crippen molar-refractivity contribution in [3.63, 3.8) is 0 Å². The van der Waals surface area contributed by atoms with Crippen molar-refractivity contribution in [2.75, 3.05) is 16.0 Å². The Morgan fingerprint density at radius 1 is 0.769 bits per heavy atom. The van der Waals surface area contributed by atoms with Crippen LogP contribution in [0.2, 0.25) is 0 Å². The van der Waals surface area contributed by atoms with Crippen LogP contribution in [0.3, 0.4) is 0 Å². The molecule has 1 aliphatic rings. The van der Waals surface area contributed by atoms with E-state index < -0.39 is 23.1 Å². The lowest BCUT2D eigenvalue weighted by Gasteiger charge is -2.24. The van der Waals surface area contributed by atoms with Gasteiger partial charge in [0, 0.05) is 28.9 Å². The smallest absolute Gasteiger partial charge is 0.307 e. The second-order valence-electron chi connectivity index (χ2n) is 9.17. The first kappa shape index (κ1) is 27.7. The van der Waals surface area contributed by atoms with Gasteiger partial charge in [0.25, 0.3) is 0 Å². The molecule has 0 saturated heterocycles. The number of rotatable bonds is 9. The number of anilines is 3. The lowest BCUT2D eigenvalue weighted by Crippen LogP contribution is -2.34. The van der Waals surface area contributed by atoms with Crippen LogP contribution in [0, 0.1) is 11.8 Å². The Hall–Kier alpha value is -4.37. The van der Waals surface area contributed by atoms with Gasteiger partial charge >= 0.3 is 5.97 Å². The van der Waals surface area contributed by atoms with Crippen LogP contribution >= 0.6 is 11.8 Å². The number of carbonyl (C=O) groups excluding carboxylic acids is 3. The maximum atomic E-state index is 13.4. The molecule has 3 aromatic rings. The molecule has 0 heterocycles. The maximum Gasteiger partial charge on any atom is 0.307 e. The summed E-state index contributed by atoms with van der Waals surface area (Å²) in [6, 6.07) is 23.4. The van der Waals surface area contributed by atoms with E-state index >= 15 is 0 Å². The van der Waals surface area contributed by atoms with Crippen molar-refractivity contribution in [1.29, 1.82) is 0 Å². The van der Waals surface area contributed by atoms with Crippen LogP contribution in [0.25, 0.3) is 0 Å². The van der Waals surface area contributed by atoms with Gasteiger partial charge in [0.05, 0.1) is 11.8 Å². The van der Waals surface area contributed by atoms with Crippen LogP contribution in [0.1, 0.15) is 30.6 Å². The molecule has 0 spiro atoms. The van der Waals surface area contributed by atoms with Gasteiger partial charge in [0.2, 0.25) is 17.7 Å². The first-order valence-corrected chi connectivity index (χ1v) is 13.4. The lowest BCUT2D eigenvalue weighted by atomic mass is 9.82. The summed E-state index contributed by atoms with van der Waals surface area (Å²) in [6.07, 6.45) is 4.34. The Labute approximate surface area is 230 Å². The normalized spacial score (nSPS) is 17.1. The number of thioether (sulfide) groups is 1. The SMILES string of the molecule is CC(=O)Nc1ccc(NC(=O)C(Sc2cccc(NC(=O)C3CC=CCC3C(=O)O)c2)c2ccccc2)cc1. The largest absolute Gasteiger partial charge is 0.481 e. The summed E-state index contributed by atoms with van der Waals surface area (Å²) in [5.41, 5.74) is 2.56. The molecule has 200 valence electrons. The van der Waals surface area contributed by atoms with Crippen molar-refractivity contribution in [2.45, 2.75) is 29.9 Å². The van der Waals surface area contributed by atoms with Gasteiger partial charge in [-0.1, -0.05) is 48.6 Å². The molecule has 3 atom stereocenters. The van der Waals surface area contributed by atoms with Crippen LogP contribution in [-0.2, 0) is 19.2 Å². The van der Waals surface area contributed by atoms with E-state index in [1.165, 1.54) is 18.7 Å². The van der Waals surface area contributed by atoms with Crippen LogP contribution in [-0.4, -0.2) is 28.8 Å². The van der Waals surface area contributed by atoms with Gasteiger partial charge in [-0.05, 0) is 60.9 Å². The van der Waals surface area contributed by atoms with Gasteiger partial charge < -0.3 is 21.1 Å². The second-order valence-corrected chi connectivity index (χ2v) is 10.3. The number of amides is 3. The van der Waals surface area contributed by atoms with Crippen molar-refractivity contribution in [3.05, 3.63) is 96.6 Å². The molecule has 3 amide bonds. The molecule has 0 radical (unpaired) electrons. The van der Waals surface area contributed by atoms with E-state index in [2.05, 4.69) is 16.0 Å². The van der Waals surface area contributed by atoms with E-state index in [0.717, 1.165) is 10.5 Å². The lowest BCUT2D eigenvalue weighted by molar-refractivity contribution is -0.146. The minimum Gasteiger partial charge on any atom is -0.481 e. The first-order chi connectivity index (χ1) is 18.8. The molecule has 0 saturated carbocycles. The van der Waals surface area contributed by atoms with Crippen molar-refractivity contribution < 1.29 is 24.3 Å². The average molecular weight is 544 g/mol. The summed E-state index contributed by atoms with van der Waals surface area (Å²) < 4.78 is 0. The van der Waals surface area contributed by atoms with Gasteiger partial charge in [0.1, 0.15) is 5.25 Å². The fourth-order valence-corrected chi connectivity index (χ4v) is 5.43. The molecule has 39 heavy (non-hydrogen) atoms. The Morgan fingerprint density at radius 2 is 1.41 bits per heavy atom. The Balaban J connectivity index is 1.49. The zero-order valence-corrected chi connectivity index (χ0v) is 22.1. The third-order valence-corrected chi connectivity index (χ3v) is 7.50. The van der Waals surface area contributed by atoms with Gasteiger partial charge in [0.15, 0.2) is 0 Å². The fraction of sp³-hybridized carbons (Fsp3) is 0.200. The van der Waals surface area contributed by atoms with E-state index in [1.807, 2.05) is 42.5 Å².